The molecule has 0 aromatic heterocycles. The van der Waals surface area contributed by atoms with Crippen LogP contribution in [0.5, 0.6) is 0 Å². The number of carbonyl (C=O) groups excluding carboxylic acids is 3. The molecular weight excluding hydrogens is 442 g/mol. The number of rotatable bonds is 2. The van der Waals surface area contributed by atoms with Crippen molar-refractivity contribution >= 4 is 17.9 Å². The topological polar surface area (TPSA) is 79.0 Å². The van der Waals surface area contributed by atoms with Crippen LogP contribution in [0.2, 0.25) is 0 Å². The summed E-state index contributed by atoms with van der Waals surface area (Å²) >= 11 is 0. The molecule has 3 saturated heterocycles. The minimum atomic E-state index is -0.460. The van der Waals surface area contributed by atoms with E-state index in [2.05, 4.69) is 48.4 Å². The molecule has 35 heavy (non-hydrogen) atoms. The smallest absolute Gasteiger partial charge is 0.410 e. The summed E-state index contributed by atoms with van der Waals surface area (Å²) < 4.78 is 5.56. The van der Waals surface area contributed by atoms with Gasteiger partial charge in [-0.2, -0.15) is 0 Å². The van der Waals surface area contributed by atoms with Crippen LogP contribution in [0.4, 0.5) is 4.79 Å². The van der Waals surface area contributed by atoms with Gasteiger partial charge in [-0.3, -0.25) is 14.9 Å². The summed E-state index contributed by atoms with van der Waals surface area (Å²) in [5, 5.41) is 2.49. The van der Waals surface area contributed by atoms with Gasteiger partial charge in [-0.05, 0) is 69.9 Å². The Hall–Kier alpha value is -2.57. The molecule has 7 heteroatoms. The van der Waals surface area contributed by atoms with Crippen LogP contribution in [-0.4, -0.2) is 59.5 Å². The number of ether oxygens (including phenoxy) is 1. The first-order chi connectivity index (χ1) is 16.3. The van der Waals surface area contributed by atoms with Gasteiger partial charge in [-0.1, -0.05) is 32.1 Å². The highest BCUT2D eigenvalue weighted by molar-refractivity contribution is 6.00. The molecular formula is C28H41N3O4. The lowest BCUT2D eigenvalue weighted by Gasteiger charge is -2.47. The Balaban J connectivity index is 1.36. The number of amides is 3. The van der Waals surface area contributed by atoms with E-state index in [1.165, 1.54) is 5.70 Å². The second kappa shape index (κ2) is 9.47. The third kappa shape index (κ3) is 6.17. The van der Waals surface area contributed by atoms with Gasteiger partial charge in [0.05, 0.1) is 5.92 Å². The third-order valence-corrected chi connectivity index (χ3v) is 7.81. The summed E-state index contributed by atoms with van der Waals surface area (Å²) in [7, 11) is 0. The number of likely N-dealkylation sites (tertiary alicyclic amines) is 2. The average Bonchev–Trinajstić information content (AvgIpc) is 2.91. The molecule has 1 spiro atoms. The summed E-state index contributed by atoms with van der Waals surface area (Å²) in [6.45, 7) is 13.6. The molecule has 192 valence electrons. The van der Waals surface area contributed by atoms with Gasteiger partial charge < -0.3 is 14.5 Å². The van der Waals surface area contributed by atoms with Crippen molar-refractivity contribution in [3.63, 3.8) is 0 Å². The Morgan fingerprint density at radius 3 is 2.23 bits per heavy atom. The quantitative estimate of drug-likeness (QED) is 0.583. The summed E-state index contributed by atoms with van der Waals surface area (Å²) in [5.74, 6) is -0.633. The lowest BCUT2D eigenvalue weighted by molar-refractivity contribution is -0.135. The van der Waals surface area contributed by atoms with Crippen LogP contribution in [0.15, 0.2) is 35.6 Å². The van der Waals surface area contributed by atoms with Crippen molar-refractivity contribution in [3.8, 4) is 0 Å². The number of carbonyl (C=O) groups is 3. The van der Waals surface area contributed by atoms with Gasteiger partial charge in [-0.25, -0.2) is 4.79 Å². The Bertz CT molecular complexity index is 951. The van der Waals surface area contributed by atoms with Crippen LogP contribution in [0.3, 0.4) is 0 Å². The van der Waals surface area contributed by atoms with Crippen molar-refractivity contribution < 1.29 is 19.1 Å². The van der Waals surface area contributed by atoms with Gasteiger partial charge in [0.15, 0.2) is 0 Å². The van der Waals surface area contributed by atoms with Crippen molar-refractivity contribution in [2.45, 2.75) is 78.7 Å². The molecule has 0 aromatic rings. The SMILES string of the molecule is CC1(C)C=C(C2CCC(=O)NC2=O)C=CC(N2CCC3(CCN(C(=O)OC(C)(C)C)CC3)CC2)=C1. The number of nitrogens with one attached hydrogen (secondary N) is 1. The summed E-state index contributed by atoms with van der Waals surface area (Å²) in [4.78, 5) is 40.8. The molecule has 1 atom stereocenters. The zero-order valence-corrected chi connectivity index (χ0v) is 22.0. The molecule has 3 amide bonds. The number of imide groups is 1. The second-order valence-corrected chi connectivity index (χ2v) is 12.3. The molecule has 0 bridgehead atoms. The fourth-order valence-corrected chi connectivity index (χ4v) is 5.78. The van der Waals surface area contributed by atoms with Crippen molar-refractivity contribution in [1.29, 1.82) is 0 Å². The van der Waals surface area contributed by atoms with E-state index in [-0.39, 0.29) is 29.2 Å². The van der Waals surface area contributed by atoms with Gasteiger partial charge in [0.25, 0.3) is 0 Å². The lowest BCUT2D eigenvalue weighted by Crippen LogP contribution is -2.49. The van der Waals surface area contributed by atoms with Gasteiger partial charge in [-0.15, -0.1) is 0 Å². The first kappa shape index (κ1) is 25.5. The zero-order valence-electron chi connectivity index (χ0n) is 22.0. The van der Waals surface area contributed by atoms with Gasteiger partial charge in [0.1, 0.15) is 5.60 Å². The van der Waals surface area contributed by atoms with E-state index in [1.807, 2.05) is 25.7 Å². The van der Waals surface area contributed by atoms with Gasteiger partial charge in [0, 0.05) is 43.7 Å². The highest BCUT2D eigenvalue weighted by Crippen LogP contribution is 2.43. The molecule has 3 aliphatic heterocycles. The maximum atomic E-state index is 12.4. The summed E-state index contributed by atoms with van der Waals surface area (Å²) in [6, 6.07) is 0. The predicted octanol–water partition coefficient (Wildman–Crippen LogP) is 4.56. The fraction of sp³-hybridized carbons (Fsp3) is 0.679. The highest BCUT2D eigenvalue weighted by atomic mass is 16.6. The van der Waals surface area contributed by atoms with Crippen LogP contribution < -0.4 is 5.32 Å². The molecule has 4 rings (SSSR count). The number of allylic oxidation sites excluding steroid dienone is 4. The summed E-state index contributed by atoms with van der Waals surface area (Å²) in [5.41, 5.74) is 1.85. The molecule has 1 N–H and O–H groups in total. The van der Waals surface area contributed by atoms with E-state index in [0.29, 0.717) is 18.3 Å². The first-order valence-electron chi connectivity index (χ1n) is 13.1. The molecule has 7 nitrogen and oxygen atoms in total. The van der Waals surface area contributed by atoms with Crippen LogP contribution in [0.25, 0.3) is 0 Å². The van der Waals surface area contributed by atoms with E-state index in [0.717, 1.165) is 57.4 Å². The largest absolute Gasteiger partial charge is 0.444 e. The molecule has 0 saturated carbocycles. The first-order valence-corrected chi connectivity index (χ1v) is 13.1. The second-order valence-electron chi connectivity index (χ2n) is 12.3. The van der Waals surface area contributed by atoms with E-state index in [9.17, 15) is 14.4 Å². The van der Waals surface area contributed by atoms with Crippen LogP contribution in [0.1, 0.15) is 73.1 Å². The Kier molecular flexibility index (Phi) is 6.91. The molecule has 1 unspecified atom stereocenters. The van der Waals surface area contributed by atoms with Gasteiger partial charge in [0.2, 0.25) is 11.8 Å². The Labute approximate surface area is 209 Å². The minimum Gasteiger partial charge on any atom is -0.444 e. The summed E-state index contributed by atoms with van der Waals surface area (Å²) in [6.07, 6.45) is 13.8. The van der Waals surface area contributed by atoms with Crippen molar-refractivity contribution in [1.82, 2.24) is 15.1 Å². The Morgan fingerprint density at radius 1 is 1.00 bits per heavy atom. The molecule has 3 fully saturated rings. The minimum absolute atomic E-state index is 0.179. The highest BCUT2D eigenvalue weighted by Gasteiger charge is 2.40. The molecule has 4 aliphatic rings. The normalized spacial score (nSPS) is 26.6. The van der Waals surface area contributed by atoms with Crippen molar-refractivity contribution in [3.05, 3.63) is 35.6 Å². The van der Waals surface area contributed by atoms with Crippen LogP contribution in [-0.2, 0) is 14.3 Å². The third-order valence-electron chi connectivity index (χ3n) is 7.81. The van der Waals surface area contributed by atoms with Crippen molar-refractivity contribution in [2.75, 3.05) is 26.2 Å². The van der Waals surface area contributed by atoms with E-state index >= 15 is 0 Å². The molecule has 1 aliphatic carbocycles. The molecule has 3 heterocycles. The zero-order chi connectivity index (χ0) is 25.4. The van der Waals surface area contributed by atoms with Gasteiger partial charge >= 0.3 is 6.09 Å². The maximum Gasteiger partial charge on any atom is 0.410 e. The number of hydrogen-bond donors (Lipinski definition) is 1. The number of piperidine rings is 3. The van der Waals surface area contributed by atoms with E-state index < -0.39 is 5.60 Å². The fourth-order valence-electron chi connectivity index (χ4n) is 5.78. The van der Waals surface area contributed by atoms with E-state index in [1.54, 1.807) is 0 Å². The number of hydrogen-bond acceptors (Lipinski definition) is 5. The average molecular weight is 484 g/mol. The molecule has 0 radical (unpaired) electrons. The monoisotopic (exact) mass is 483 g/mol. The standard InChI is InChI=1S/C28H41N3O4/c1-26(2,3)35-25(34)31-16-12-28(13-17-31)10-14-30(15-11-28)21-7-6-20(18-27(4,5)19-21)22-8-9-23(32)29-24(22)33/h6-7,18-19,22H,8-17H2,1-5H3,(H,29,32,33). The van der Waals surface area contributed by atoms with Crippen LogP contribution >= 0.6 is 0 Å². The molecule has 0 aromatic carbocycles. The van der Waals surface area contributed by atoms with Crippen LogP contribution in [0, 0.1) is 16.7 Å². The van der Waals surface area contributed by atoms with Crippen molar-refractivity contribution in [2.24, 2.45) is 16.7 Å². The van der Waals surface area contributed by atoms with E-state index in [4.69, 9.17) is 4.74 Å². The predicted molar refractivity (Wildman–Crippen MR) is 135 cm³/mol. The maximum absolute atomic E-state index is 12.4. The Morgan fingerprint density at radius 2 is 1.63 bits per heavy atom. The lowest BCUT2D eigenvalue weighted by atomic mass is 9.71. The number of nitrogens with zero attached hydrogens (tertiary/aromatic N) is 2.